The average molecular weight is 433 g/mol. The molecule has 2 aromatic rings. The molecule has 1 aliphatic heterocycles. The zero-order valence-corrected chi connectivity index (χ0v) is 17.7. The molecule has 3 rings (SSSR count). The van der Waals surface area contributed by atoms with E-state index in [-0.39, 0.29) is 16.0 Å². The molecule has 0 bridgehead atoms. The van der Waals surface area contributed by atoms with Gasteiger partial charge >= 0.3 is 5.97 Å². The Kier molecular flexibility index (Phi) is 5.90. The van der Waals surface area contributed by atoms with Crippen molar-refractivity contribution in [3.05, 3.63) is 70.2 Å². The van der Waals surface area contributed by atoms with Gasteiger partial charge in [-0.2, -0.15) is 5.26 Å². The summed E-state index contributed by atoms with van der Waals surface area (Å²) in [5.74, 6) is -3.45. The highest BCUT2D eigenvalue weighted by Crippen LogP contribution is 2.51. The topological polar surface area (TPSA) is 73.1 Å². The number of halogens is 3. The van der Waals surface area contributed by atoms with Crippen LogP contribution in [-0.4, -0.2) is 23.2 Å². The highest BCUT2D eigenvalue weighted by Gasteiger charge is 2.60. The van der Waals surface area contributed by atoms with Crippen LogP contribution in [0.15, 0.2) is 42.5 Å². The Hall–Kier alpha value is -2.49. The van der Waals surface area contributed by atoms with Crippen molar-refractivity contribution in [2.75, 3.05) is 0 Å². The van der Waals surface area contributed by atoms with Crippen molar-refractivity contribution in [2.45, 2.75) is 50.6 Å². The van der Waals surface area contributed by atoms with Crippen molar-refractivity contribution >= 4 is 17.6 Å². The molecular weight excluding hydrogens is 410 g/mol. The lowest BCUT2D eigenvalue weighted by atomic mass is 9.63. The molecule has 4 nitrogen and oxygen atoms in total. The van der Waals surface area contributed by atoms with Crippen molar-refractivity contribution in [1.29, 1.82) is 5.26 Å². The lowest BCUT2D eigenvalue weighted by Gasteiger charge is -2.37. The van der Waals surface area contributed by atoms with Gasteiger partial charge in [0.05, 0.1) is 6.07 Å². The van der Waals surface area contributed by atoms with E-state index in [0.717, 1.165) is 6.07 Å². The molecule has 30 heavy (non-hydrogen) atoms. The third kappa shape index (κ3) is 3.92. The third-order valence-corrected chi connectivity index (χ3v) is 5.84. The Morgan fingerprint density at radius 1 is 1.27 bits per heavy atom. The highest BCUT2D eigenvalue weighted by atomic mass is 35.5. The van der Waals surface area contributed by atoms with E-state index >= 15 is 4.39 Å². The molecule has 1 saturated heterocycles. The first-order chi connectivity index (χ1) is 14.0. The number of nitriles is 1. The van der Waals surface area contributed by atoms with Gasteiger partial charge in [0.1, 0.15) is 23.1 Å². The standard InChI is InChI=1S/C23H23ClF2N2O2/c1-22(2,3)11-18-23(12-27,16-8-7-14(24)10-17(16)26)19(20(28-18)21(29)30)13-5-4-6-15(25)9-13/h4-10,18-20,28H,11H2,1-3H3,(H,29,30)/t18-,19-,20+,23-/m0/s1. The van der Waals surface area contributed by atoms with Gasteiger partial charge in [0.25, 0.3) is 0 Å². The number of nitrogens with zero attached hydrogens (tertiary/aromatic N) is 1. The van der Waals surface area contributed by atoms with Gasteiger partial charge in [-0.3, -0.25) is 10.1 Å². The maximum atomic E-state index is 15.2. The number of rotatable bonds is 4. The fourth-order valence-electron chi connectivity index (χ4n) is 4.51. The number of benzene rings is 2. The number of aliphatic carboxylic acids is 1. The molecule has 158 valence electrons. The molecule has 0 amide bonds. The minimum Gasteiger partial charge on any atom is -0.480 e. The maximum absolute atomic E-state index is 15.2. The maximum Gasteiger partial charge on any atom is 0.321 e. The predicted molar refractivity (Wildman–Crippen MR) is 110 cm³/mol. The second-order valence-corrected chi connectivity index (χ2v) is 9.37. The van der Waals surface area contributed by atoms with E-state index in [1.165, 1.54) is 30.3 Å². The lowest BCUT2D eigenvalue weighted by Crippen LogP contribution is -2.44. The minimum absolute atomic E-state index is 0.0501. The SMILES string of the molecule is CC(C)(C)C[C@@H]1N[C@@H](C(=O)O)[C@H](c2cccc(F)c2)[C@@]1(C#N)c1ccc(Cl)cc1F. The van der Waals surface area contributed by atoms with Crippen LogP contribution in [0.3, 0.4) is 0 Å². The molecule has 0 spiro atoms. The van der Waals surface area contributed by atoms with Crippen LogP contribution in [0.4, 0.5) is 8.78 Å². The third-order valence-electron chi connectivity index (χ3n) is 5.61. The monoisotopic (exact) mass is 432 g/mol. The zero-order valence-electron chi connectivity index (χ0n) is 16.9. The highest BCUT2D eigenvalue weighted by molar-refractivity contribution is 6.30. The summed E-state index contributed by atoms with van der Waals surface area (Å²) < 4.78 is 29.2. The van der Waals surface area contributed by atoms with Gasteiger partial charge < -0.3 is 5.11 Å². The Labute approximate surface area is 179 Å². The van der Waals surface area contributed by atoms with Crippen molar-refractivity contribution < 1.29 is 18.7 Å². The summed E-state index contributed by atoms with van der Waals surface area (Å²) in [4.78, 5) is 12.2. The molecule has 0 unspecified atom stereocenters. The Balaban J connectivity index is 2.33. The number of carboxylic acid groups (broad SMARTS) is 1. The normalized spacial score (nSPS) is 26.4. The first-order valence-corrected chi connectivity index (χ1v) is 9.98. The molecule has 1 aliphatic rings. The van der Waals surface area contributed by atoms with Gasteiger partial charge in [0, 0.05) is 22.5 Å². The van der Waals surface area contributed by atoms with E-state index in [2.05, 4.69) is 11.4 Å². The average Bonchev–Trinajstić information content (AvgIpc) is 2.95. The van der Waals surface area contributed by atoms with Gasteiger partial charge in [0.2, 0.25) is 0 Å². The molecule has 4 atom stereocenters. The number of nitrogens with one attached hydrogen (secondary N) is 1. The molecule has 0 aliphatic carbocycles. The molecule has 0 saturated carbocycles. The molecule has 1 heterocycles. The van der Waals surface area contributed by atoms with E-state index in [9.17, 15) is 19.6 Å². The van der Waals surface area contributed by atoms with E-state index in [1.807, 2.05) is 20.8 Å². The molecule has 0 aromatic heterocycles. The molecule has 2 aromatic carbocycles. The molecule has 1 fully saturated rings. The first kappa shape index (κ1) is 22.2. The van der Waals surface area contributed by atoms with Crippen molar-refractivity contribution in [3.63, 3.8) is 0 Å². The Morgan fingerprint density at radius 3 is 2.50 bits per heavy atom. The van der Waals surface area contributed by atoms with Crippen LogP contribution in [0.1, 0.15) is 44.2 Å². The Bertz CT molecular complexity index is 1010. The van der Waals surface area contributed by atoms with Gasteiger partial charge in [-0.25, -0.2) is 8.78 Å². The summed E-state index contributed by atoms with van der Waals surface area (Å²) in [6.45, 7) is 5.88. The second-order valence-electron chi connectivity index (χ2n) is 8.94. The number of hydrogen-bond donors (Lipinski definition) is 2. The summed E-state index contributed by atoms with van der Waals surface area (Å²) in [7, 11) is 0. The summed E-state index contributed by atoms with van der Waals surface area (Å²) >= 11 is 5.93. The van der Waals surface area contributed by atoms with E-state index in [0.29, 0.717) is 12.0 Å². The molecule has 7 heteroatoms. The summed E-state index contributed by atoms with van der Waals surface area (Å²) in [5.41, 5.74) is -1.50. The van der Waals surface area contributed by atoms with Crippen molar-refractivity contribution in [3.8, 4) is 6.07 Å². The molecule has 2 N–H and O–H groups in total. The van der Waals surface area contributed by atoms with E-state index in [4.69, 9.17) is 11.6 Å². The fourth-order valence-corrected chi connectivity index (χ4v) is 4.67. The van der Waals surface area contributed by atoms with Gasteiger partial charge in [-0.05, 0) is 41.7 Å². The summed E-state index contributed by atoms with van der Waals surface area (Å²) in [6.07, 6.45) is 0.401. The minimum atomic E-state index is -1.58. The second kappa shape index (κ2) is 7.98. The number of hydrogen-bond acceptors (Lipinski definition) is 3. The van der Waals surface area contributed by atoms with Gasteiger partial charge in [-0.1, -0.05) is 50.6 Å². The predicted octanol–water partition coefficient (Wildman–Crippen LogP) is 5.02. The van der Waals surface area contributed by atoms with Crippen LogP contribution in [0.25, 0.3) is 0 Å². The quantitative estimate of drug-likeness (QED) is 0.711. The van der Waals surface area contributed by atoms with Crippen molar-refractivity contribution in [2.24, 2.45) is 5.41 Å². The van der Waals surface area contributed by atoms with Crippen molar-refractivity contribution in [1.82, 2.24) is 5.32 Å². The number of carboxylic acids is 1. The number of carbonyl (C=O) groups is 1. The van der Waals surface area contributed by atoms with Gasteiger partial charge in [-0.15, -0.1) is 0 Å². The molecular formula is C23H23ClF2N2O2. The van der Waals surface area contributed by atoms with E-state index in [1.54, 1.807) is 6.07 Å². The zero-order chi connectivity index (χ0) is 22.3. The van der Waals surface area contributed by atoms with Gasteiger partial charge in [0.15, 0.2) is 0 Å². The smallest absolute Gasteiger partial charge is 0.321 e. The molecule has 0 radical (unpaired) electrons. The van der Waals surface area contributed by atoms with E-state index < -0.39 is 41.0 Å². The van der Waals surface area contributed by atoms with Crippen LogP contribution in [0.5, 0.6) is 0 Å². The van der Waals surface area contributed by atoms with Crippen LogP contribution >= 0.6 is 11.6 Å². The first-order valence-electron chi connectivity index (χ1n) is 9.60. The van der Waals surface area contributed by atoms with Crippen LogP contribution in [0, 0.1) is 28.4 Å². The van der Waals surface area contributed by atoms with Crippen LogP contribution in [-0.2, 0) is 10.2 Å². The summed E-state index contributed by atoms with van der Waals surface area (Å²) in [6, 6.07) is 9.86. The van der Waals surface area contributed by atoms with Crippen LogP contribution in [0.2, 0.25) is 5.02 Å². The summed E-state index contributed by atoms with van der Waals surface area (Å²) in [5, 5.41) is 23.6. The van der Waals surface area contributed by atoms with Crippen LogP contribution < -0.4 is 5.32 Å². The largest absolute Gasteiger partial charge is 0.480 e. The fraction of sp³-hybridized carbons (Fsp3) is 0.391. The lowest BCUT2D eigenvalue weighted by molar-refractivity contribution is -0.139. The Morgan fingerprint density at radius 2 is 1.97 bits per heavy atom.